The second kappa shape index (κ2) is 10.1. The van der Waals surface area contributed by atoms with Crippen LogP contribution in [0.5, 0.6) is 0 Å². The molecule has 160 valence electrons. The summed E-state index contributed by atoms with van der Waals surface area (Å²) in [7, 11) is 0. The number of benzene rings is 2. The largest absolute Gasteiger partial charge is 0.451 e. The average molecular weight is 411 g/mol. The van der Waals surface area contributed by atoms with Gasteiger partial charge in [0.15, 0.2) is 6.10 Å². The molecule has 2 N–H and O–H groups in total. The van der Waals surface area contributed by atoms with Gasteiger partial charge in [-0.25, -0.2) is 0 Å². The Hall–Kier alpha value is -3.15. The zero-order chi connectivity index (χ0) is 22.3. The molecule has 0 aromatic heterocycles. The molecule has 2 amide bonds. The molecule has 0 spiro atoms. The highest BCUT2D eigenvalue weighted by molar-refractivity contribution is 5.96. The first-order chi connectivity index (χ1) is 14.1. The van der Waals surface area contributed by atoms with Gasteiger partial charge in [0.2, 0.25) is 0 Å². The maximum absolute atomic E-state index is 12.3. The highest BCUT2D eigenvalue weighted by atomic mass is 16.5. The standard InChI is InChI=1S/C24H30N2O4/c1-16(18-9-7-6-8-10-18)26-22(28)17(2)30-21(27)15-25-23(29)19-11-13-20(14-12-19)24(3,4)5/h6-14,16-17H,15H2,1-5H3,(H,25,29)(H,26,28). The minimum Gasteiger partial charge on any atom is -0.451 e. The SMILES string of the molecule is CC(OC(=O)CNC(=O)c1ccc(C(C)(C)C)cc1)C(=O)NC(C)c1ccccc1. The lowest BCUT2D eigenvalue weighted by molar-refractivity contribution is -0.154. The van der Waals surface area contributed by atoms with Crippen molar-refractivity contribution in [3.05, 3.63) is 71.3 Å². The molecule has 2 aromatic carbocycles. The summed E-state index contributed by atoms with van der Waals surface area (Å²) in [5.74, 6) is -1.45. The maximum atomic E-state index is 12.3. The lowest BCUT2D eigenvalue weighted by atomic mass is 9.87. The van der Waals surface area contributed by atoms with Crippen LogP contribution in [0.3, 0.4) is 0 Å². The minimum absolute atomic E-state index is 0.00642. The normalized spacial score (nSPS) is 13.1. The van der Waals surface area contributed by atoms with Gasteiger partial charge >= 0.3 is 5.97 Å². The van der Waals surface area contributed by atoms with Gasteiger partial charge in [-0.15, -0.1) is 0 Å². The molecule has 0 bridgehead atoms. The minimum atomic E-state index is -0.966. The summed E-state index contributed by atoms with van der Waals surface area (Å²) in [6, 6.07) is 16.5. The molecule has 2 aromatic rings. The predicted octanol–water partition coefficient (Wildman–Crippen LogP) is 3.52. The molecule has 0 saturated carbocycles. The van der Waals surface area contributed by atoms with E-state index in [0.717, 1.165) is 11.1 Å². The number of nitrogens with one attached hydrogen (secondary N) is 2. The monoisotopic (exact) mass is 410 g/mol. The summed E-state index contributed by atoms with van der Waals surface area (Å²) in [6.07, 6.45) is -0.966. The van der Waals surface area contributed by atoms with Crippen molar-refractivity contribution in [2.75, 3.05) is 6.54 Å². The Morgan fingerprint density at radius 2 is 1.53 bits per heavy atom. The average Bonchev–Trinajstić information content (AvgIpc) is 2.72. The van der Waals surface area contributed by atoms with Gasteiger partial charge in [0, 0.05) is 5.56 Å². The quantitative estimate of drug-likeness (QED) is 0.684. The third kappa shape index (κ3) is 6.72. The fourth-order valence-corrected chi connectivity index (χ4v) is 2.82. The summed E-state index contributed by atoms with van der Waals surface area (Å²) in [5, 5.41) is 5.33. The van der Waals surface area contributed by atoms with E-state index < -0.39 is 18.0 Å². The molecule has 2 unspecified atom stereocenters. The van der Waals surface area contributed by atoms with Crippen molar-refractivity contribution in [2.45, 2.75) is 52.2 Å². The van der Waals surface area contributed by atoms with Gasteiger partial charge in [-0.05, 0) is 42.5 Å². The van der Waals surface area contributed by atoms with Crippen molar-refractivity contribution >= 4 is 17.8 Å². The van der Waals surface area contributed by atoms with Crippen molar-refractivity contribution in [2.24, 2.45) is 0 Å². The van der Waals surface area contributed by atoms with Gasteiger partial charge in [0.05, 0.1) is 6.04 Å². The zero-order valence-corrected chi connectivity index (χ0v) is 18.2. The smallest absolute Gasteiger partial charge is 0.326 e. The van der Waals surface area contributed by atoms with Crippen molar-refractivity contribution in [3.63, 3.8) is 0 Å². The van der Waals surface area contributed by atoms with Gasteiger partial charge < -0.3 is 15.4 Å². The van der Waals surface area contributed by atoms with E-state index in [1.807, 2.05) is 49.4 Å². The molecule has 0 aliphatic carbocycles. The number of carbonyl (C=O) groups is 3. The Morgan fingerprint density at radius 3 is 2.10 bits per heavy atom. The van der Waals surface area contributed by atoms with Crippen LogP contribution >= 0.6 is 0 Å². The van der Waals surface area contributed by atoms with Gasteiger partial charge in [-0.3, -0.25) is 14.4 Å². The molecule has 0 aliphatic heterocycles. The second-order valence-electron chi connectivity index (χ2n) is 8.28. The zero-order valence-electron chi connectivity index (χ0n) is 18.2. The Bertz CT molecular complexity index is 870. The summed E-state index contributed by atoms with van der Waals surface area (Å²) in [5.41, 5.74) is 2.52. The Kier molecular flexibility index (Phi) is 7.75. The van der Waals surface area contributed by atoms with E-state index in [1.54, 1.807) is 12.1 Å². The van der Waals surface area contributed by atoms with Crippen LogP contribution in [-0.4, -0.2) is 30.4 Å². The van der Waals surface area contributed by atoms with E-state index >= 15 is 0 Å². The summed E-state index contributed by atoms with van der Waals surface area (Å²) < 4.78 is 5.13. The number of amides is 2. The van der Waals surface area contributed by atoms with E-state index in [-0.39, 0.29) is 23.9 Å². The highest BCUT2D eigenvalue weighted by Crippen LogP contribution is 2.22. The number of hydrogen-bond acceptors (Lipinski definition) is 4. The van der Waals surface area contributed by atoms with Crippen molar-refractivity contribution in [1.82, 2.24) is 10.6 Å². The third-order valence-corrected chi connectivity index (χ3v) is 4.74. The first-order valence-electron chi connectivity index (χ1n) is 10.0. The lowest BCUT2D eigenvalue weighted by Crippen LogP contribution is -2.39. The molecule has 30 heavy (non-hydrogen) atoms. The van der Waals surface area contributed by atoms with Gasteiger partial charge in [-0.2, -0.15) is 0 Å². The Labute approximate surface area is 178 Å². The topological polar surface area (TPSA) is 84.5 Å². The molecule has 0 heterocycles. The molecule has 6 nitrogen and oxygen atoms in total. The summed E-state index contributed by atoms with van der Waals surface area (Å²) in [6.45, 7) is 9.32. The summed E-state index contributed by atoms with van der Waals surface area (Å²) >= 11 is 0. The predicted molar refractivity (Wildman–Crippen MR) is 116 cm³/mol. The van der Waals surface area contributed by atoms with E-state index in [4.69, 9.17) is 4.74 Å². The molecular formula is C24H30N2O4. The van der Waals surface area contributed by atoms with Crippen LogP contribution in [0.4, 0.5) is 0 Å². The van der Waals surface area contributed by atoms with Crippen molar-refractivity contribution < 1.29 is 19.1 Å². The van der Waals surface area contributed by atoms with Crippen LogP contribution in [-0.2, 0) is 19.7 Å². The van der Waals surface area contributed by atoms with Crippen LogP contribution in [0.15, 0.2) is 54.6 Å². The van der Waals surface area contributed by atoms with Crippen molar-refractivity contribution in [3.8, 4) is 0 Å². The molecule has 0 saturated heterocycles. The van der Waals surface area contributed by atoms with Crippen LogP contribution in [0.2, 0.25) is 0 Å². The molecule has 6 heteroatoms. The van der Waals surface area contributed by atoms with Crippen LogP contribution in [0.1, 0.15) is 62.1 Å². The Balaban J connectivity index is 1.80. The van der Waals surface area contributed by atoms with E-state index in [1.165, 1.54) is 6.92 Å². The molecule has 0 radical (unpaired) electrons. The van der Waals surface area contributed by atoms with Crippen LogP contribution in [0, 0.1) is 0 Å². The number of carbonyl (C=O) groups excluding carboxylic acids is 3. The van der Waals surface area contributed by atoms with Gasteiger partial charge in [-0.1, -0.05) is 63.2 Å². The number of esters is 1. The maximum Gasteiger partial charge on any atom is 0.326 e. The van der Waals surface area contributed by atoms with Crippen LogP contribution in [0.25, 0.3) is 0 Å². The number of ether oxygens (including phenoxy) is 1. The highest BCUT2D eigenvalue weighted by Gasteiger charge is 2.20. The van der Waals surface area contributed by atoms with E-state index in [0.29, 0.717) is 5.56 Å². The van der Waals surface area contributed by atoms with E-state index in [9.17, 15) is 14.4 Å². The third-order valence-electron chi connectivity index (χ3n) is 4.74. The molecule has 2 rings (SSSR count). The molecule has 0 aliphatic rings. The van der Waals surface area contributed by atoms with Gasteiger partial charge in [0.1, 0.15) is 6.54 Å². The second-order valence-corrected chi connectivity index (χ2v) is 8.28. The van der Waals surface area contributed by atoms with Gasteiger partial charge in [0.25, 0.3) is 11.8 Å². The fraction of sp³-hybridized carbons (Fsp3) is 0.375. The fourth-order valence-electron chi connectivity index (χ4n) is 2.82. The molecule has 0 fully saturated rings. The van der Waals surface area contributed by atoms with E-state index in [2.05, 4.69) is 31.4 Å². The molecule has 2 atom stereocenters. The Morgan fingerprint density at radius 1 is 0.933 bits per heavy atom. The van der Waals surface area contributed by atoms with Crippen molar-refractivity contribution in [1.29, 1.82) is 0 Å². The first kappa shape index (κ1) is 23.1. The number of hydrogen-bond donors (Lipinski definition) is 2. The lowest BCUT2D eigenvalue weighted by Gasteiger charge is -2.19. The first-order valence-corrected chi connectivity index (χ1v) is 10.0. The summed E-state index contributed by atoms with van der Waals surface area (Å²) in [4.78, 5) is 36.5. The van der Waals surface area contributed by atoms with Crippen LogP contribution < -0.4 is 10.6 Å². The number of rotatable bonds is 7. The molecular weight excluding hydrogens is 380 g/mol.